The fourth-order valence-electron chi connectivity index (χ4n) is 3.25. The predicted molar refractivity (Wildman–Crippen MR) is 81.8 cm³/mol. The third kappa shape index (κ3) is 4.21. The van der Waals surface area contributed by atoms with Gasteiger partial charge in [0.25, 0.3) is 0 Å². The van der Waals surface area contributed by atoms with Crippen molar-refractivity contribution in [2.45, 2.75) is 78.7 Å². The van der Waals surface area contributed by atoms with Gasteiger partial charge in [0.1, 0.15) is 0 Å². The molecule has 0 aliphatic heterocycles. The van der Waals surface area contributed by atoms with Crippen LogP contribution in [0.1, 0.15) is 73.1 Å². The Balaban J connectivity index is 2.70. The molecule has 1 aliphatic rings. The quantitative estimate of drug-likeness (QED) is 0.808. The summed E-state index contributed by atoms with van der Waals surface area (Å²) < 4.78 is 5.44. The first-order valence-electron chi connectivity index (χ1n) is 7.81. The van der Waals surface area contributed by atoms with Crippen LogP contribution >= 0.6 is 0 Å². The molecule has 1 rings (SSSR count). The number of carboxylic acids is 1. The van der Waals surface area contributed by atoms with Crippen molar-refractivity contribution in [3.63, 3.8) is 0 Å². The van der Waals surface area contributed by atoms with Crippen molar-refractivity contribution >= 4 is 5.97 Å². The Hall–Kier alpha value is -0.570. The van der Waals surface area contributed by atoms with Gasteiger partial charge in [0.2, 0.25) is 0 Å². The highest BCUT2D eigenvalue weighted by Gasteiger charge is 2.44. The highest BCUT2D eigenvalue weighted by Crippen LogP contribution is 2.48. The van der Waals surface area contributed by atoms with E-state index >= 15 is 0 Å². The van der Waals surface area contributed by atoms with E-state index in [1.165, 1.54) is 0 Å². The van der Waals surface area contributed by atoms with E-state index in [0.717, 1.165) is 38.5 Å². The molecule has 3 nitrogen and oxygen atoms in total. The van der Waals surface area contributed by atoms with E-state index in [2.05, 4.69) is 20.8 Å². The van der Waals surface area contributed by atoms with E-state index < -0.39 is 11.4 Å². The highest BCUT2D eigenvalue weighted by molar-refractivity contribution is 5.74. The normalized spacial score (nSPS) is 28.4. The van der Waals surface area contributed by atoms with Crippen molar-refractivity contribution in [1.82, 2.24) is 0 Å². The SMILES string of the molecule is COC(C)(C)CCC1(C(=O)O)CCC(C(C)(C)C)CC1. The maximum Gasteiger partial charge on any atom is 0.309 e. The number of carboxylic acid groups (broad SMARTS) is 1. The molecular weight excluding hydrogens is 252 g/mol. The Morgan fingerprint density at radius 2 is 1.70 bits per heavy atom. The van der Waals surface area contributed by atoms with Crippen molar-refractivity contribution in [2.24, 2.45) is 16.7 Å². The summed E-state index contributed by atoms with van der Waals surface area (Å²) >= 11 is 0. The minimum Gasteiger partial charge on any atom is -0.481 e. The van der Waals surface area contributed by atoms with Crippen molar-refractivity contribution in [1.29, 1.82) is 0 Å². The lowest BCUT2D eigenvalue weighted by atomic mass is 9.62. The maximum atomic E-state index is 11.8. The summed E-state index contributed by atoms with van der Waals surface area (Å²) in [6, 6.07) is 0. The molecule has 0 aromatic carbocycles. The zero-order valence-electron chi connectivity index (χ0n) is 14.1. The number of hydrogen-bond acceptors (Lipinski definition) is 2. The summed E-state index contributed by atoms with van der Waals surface area (Å²) in [7, 11) is 1.70. The van der Waals surface area contributed by atoms with Crippen LogP contribution in [0, 0.1) is 16.7 Å². The van der Waals surface area contributed by atoms with Crippen molar-refractivity contribution < 1.29 is 14.6 Å². The lowest BCUT2D eigenvalue weighted by Crippen LogP contribution is -2.39. The molecule has 20 heavy (non-hydrogen) atoms. The smallest absolute Gasteiger partial charge is 0.309 e. The van der Waals surface area contributed by atoms with Gasteiger partial charge in [0.05, 0.1) is 11.0 Å². The number of aliphatic carboxylic acids is 1. The summed E-state index contributed by atoms with van der Waals surface area (Å²) in [5.74, 6) is 0.0298. The van der Waals surface area contributed by atoms with E-state index in [1.54, 1.807) is 7.11 Å². The predicted octanol–water partition coefficient (Wildman–Crippen LogP) is 4.50. The van der Waals surface area contributed by atoms with Gasteiger partial charge in [0.15, 0.2) is 0 Å². The second-order valence-electron chi connectivity index (χ2n) is 8.19. The summed E-state index contributed by atoms with van der Waals surface area (Å²) in [6.07, 6.45) is 5.20. The van der Waals surface area contributed by atoms with Gasteiger partial charge >= 0.3 is 5.97 Å². The van der Waals surface area contributed by atoms with Crippen LogP contribution < -0.4 is 0 Å². The molecule has 1 N–H and O–H groups in total. The lowest BCUT2D eigenvalue weighted by Gasteiger charge is -2.42. The van der Waals surface area contributed by atoms with Gasteiger partial charge in [-0.15, -0.1) is 0 Å². The van der Waals surface area contributed by atoms with Crippen LogP contribution in [0.4, 0.5) is 0 Å². The van der Waals surface area contributed by atoms with Gasteiger partial charge in [-0.05, 0) is 63.7 Å². The second kappa shape index (κ2) is 6.05. The van der Waals surface area contributed by atoms with Crippen LogP contribution in [-0.2, 0) is 9.53 Å². The molecule has 118 valence electrons. The Morgan fingerprint density at radius 1 is 1.20 bits per heavy atom. The Bertz CT molecular complexity index is 331. The number of rotatable bonds is 5. The first-order chi connectivity index (χ1) is 9.02. The number of carbonyl (C=O) groups is 1. The molecule has 1 aliphatic carbocycles. The average Bonchev–Trinajstić information content (AvgIpc) is 2.36. The average molecular weight is 284 g/mol. The van der Waals surface area contributed by atoms with Crippen molar-refractivity contribution in [2.75, 3.05) is 7.11 Å². The van der Waals surface area contributed by atoms with Crippen molar-refractivity contribution in [3.8, 4) is 0 Å². The standard InChI is InChI=1S/C17H32O3/c1-15(2,3)13-7-9-17(10-8-13,14(18)19)12-11-16(4,5)20-6/h13H,7-12H2,1-6H3,(H,18,19). The minimum atomic E-state index is -0.614. The number of hydrogen-bond donors (Lipinski definition) is 1. The third-order valence-electron chi connectivity index (χ3n) is 5.38. The topological polar surface area (TPSA) is 46.5 Å². The fraction of sp³-hybridized carbons (Fsp3) is 0.941. The summed E-state index contributed by atoms with van der Waals surface area (Å²) in [5, 5.41) is 9.71. The molecule has 0 saturated heterocycles. The third-order valence-corrected chi connectivity index (χ3v) is 5.38. The molecule has 0 amide bonds. The van der Waals surface area contributed by atoms with Gasteiger partial charge in [-0.1, -0.05) is 20.8 Å². The van der Waals surface area contributed by atoms with Crippen LogP contribution in [-0.4, -0.2) is 23.8 Å². The second-order valence-corrected chi connectivity index (χ2v) is 8.19. The maximum absolute atomic E-state index is 11.8. The van der Waals surface area contributed by atoms with E-state index in [1.807, 2.05) is 13.8 Å². The zero-order valence-corrected chi connectivity index (χ0v) is 14.1. The zero-order chi connectivity index (χ0) is 15.6. The molecule has 0 bridgehead atoms. The van der Waals surface area contributed by atoms with Crippen LogP contribution in [0.3, 0.4) is 0 Å². The Morgan fingerprint density at radius 3 is 2.05 bits per heavy atom. The molecule has 0 aromatic rings. The highest BCUT2D eigenvalue weighted by atomic mass is 16.5. The van der Waals surface area contributed by atoms with Crippen LogP contribution in [0.25, 0.3) is 0 Å². The van der Waals surface area contributed by atoms with Gasteiger partial charge in [-0.3, -0.25) is 4.79 Å². The number of methoxy groups -OCH3 is 1. The lowest BCUT2D eigenvalue weighted by molar-refractivity contribution is -0.154. The first-order valence-corrected chi connectivity index (χ1v) is 7.81. The van der Waals surface area contributed by atoms with E-state index in [0.29, 0.717) is 5.92 Å². The van der Waals surface area contributed by atoms with E-state index in [9.17, 15) is 9.90 Å². The minimum absolute atomic E-state index is 0.233. The van der Waals surface area contributed by atoms with Gasteiger partial charge in [0, 0.05) is 7.11 Å². The molecule has 0 spiro atoms. The molecule has 0 aromatic heterocycles. The molecule has 1 fully saturated rings. The van der Waals surface area contributed by atoms with Crippen LogP contribution in [0.15, 0.2) is 0 Å². The molecule has 0 heterocycles. The molecular formula is C17H32O3. The Labute approximate surface area is 124 Å². The van der Waals surface area contributed by atoms with E-state index in [4.69, 9.17) is 4.74 Å². The Kier molecular flexibility index (Phi) is 5.29. The van der Waals surface area contributed by atoms with Crippen LogP contribution in [0.5, 0.6) is 0 Å². The molecule has 0 radical (unpaired) electrons. The largest absolute Gasteiger partial charge is 0.481 e. The monoisotopic (exact) mass is 284 g/mol. The van der Waals surface area contributed by atoms with Crippen molar-refractivity contribution in [3.05, 3.63) is 0 Å². The van der Waals surface area contributed by atoms with Crippen LogP contribution in [0.2, 0.25) is 0 Å². The first kappa shape index (κ1) is 17.5. The summed E-state index contributed by atoms with van der Waals surface area (Å²) in [6.45, 7) is 10.9. The van der Waals surface area contributed by atoms with E-state index in [-0.39, 0.29) is 11.0 Å². The summed E-state index contributed by atoms with van der Waals surface area (Å²) in [4.78, 5) is 11.8. The number of ether oxygens (including phenoxy) is 1. The molecule has 1 saturated carbocycles. The molecule has 0 atom stereocenters. The fourth-order valence-corrected chi connectivity index (χ4v) is 3.25. The summed E-state index contributed by atoms with van der Waals surface area (Å²) in [5.41, 5.74) is -0.475. The molecule has 3 heteroatoms. The van der Waals surface area contributed by atoms with Gasteiger partial charge in [-0.2, -0.15) is 0 Å². The van der Waals surface area contributed by atoms with Gasteiger partial charge in [-0.25, -0.2) is 0 Å². The molecule has 0 unspecified atom stereocenters. The van der Waals surface area contributed by atoms with Gasteiger partial charge < -0.3 is 9.84 Å².